The lowest BCUT2D eigenvalue weighted by Crippen LogP contribution is -2.03. The van der Waals surface area contributed by atoms with Crippen molar-refractivity contribution in [3.05, 3.63) is 41.6 Å². The Labute approximate surface area is 126 Å². The summed E-state index contributed by atoms with van der Waals surface area (Å²) < 4.78 is 5.13. The molecule has 4 nitrogen and oxygen atoms in total. The van der Waals surface area contributed by atoms with Crippen LogP contribution in [0.5, 0.6) is 0 Å². The molecule has 4 heteroatoms. The highest BCUT2D eigenvalue weighted by Crippen LogP contribution is 2.20. The Morgan fingerprint density at radius 2 is 1.86 bits per heavy atom. The van der Waals surface area contributed by atoms with E-state index in [1.54, 1.807) is 7.11 Å². The van der Waals surface area contributed by atoms with Gasteiger partial charge in [0, 0.05) is 31.5 Å². The highest BCUT2D eigenvalue weighted by Gasteiger charge is 2.08. The van der Waals surface area contributed by atoms with Gasteiger partial charge in [-0.05, 0) is 17.9 Å². The first-order chi connectivity index (χ1) is 10.1. The topological polar surface area (TPSA) is 47.0 Å². The SMILES string of the molecule is CNc1cc(CC(C)C)nc(-c2ccc(COC)cc2)n1. The number of rotatable bonds is 6. The number of nitrogens with one attached hydrogen (secondary N) is 1. The number of nitrogens with zero attached hydrogens (tertiary/aromatic N) is 2. The first-order valence-corrected chi connectivity index (χ1v) is 7.26. The van der Waals surface area contributed by atoms with Crippen molar-refractivity contribution in [1.29, 1.82) is 0 Å². The molecule has 2 aromatic rings. The fourth-order valence-corrected chi connectivity index (χ4v) is 2.19. The summed E-state index contributed by atoms with van der Waals surface area (Å²) in [6.07, 6.45) is 0.950. The standard InChI is InChI=1S/C17H23N3O/c1-12(2)9-15-10-16(18-3)20-17(19-15)14-7-5-13(6-8-14)11-21-4/h5-8,10,12H,9,11H2,1-4H3,(H,18,19,20). The van der Waals surface area contributed by atoms with Crippen molar-refractivity contribution in [2.45, 2.75) is 26.9 Å². The van der Waals surface area contributed by atoms with E-state index < -0.39 is 0 Å². The van der Waals surface area contributed by atoms with Gasteiger partial charge in [-0.15, -0.1) is 0 Å². The minimum atomic E-state index is 0.571. The van der Waals surface area contributed by atoms with Gasteiger partial charge >= 0.3 is 0 Å². The van der Waals surface area contributed by atoms with Crippen LogP contribution in [0.3, 0.4) is 0 Å². The van der Waals surface area contributed by atoms with Crippen LogP contribution in [0, 0.1) is 5.92 Å². The van der Waals surface area contributed by atoms with Crippen LogP contribution in [0.25, 0.3) is 11.4 Å². The molecule has 1 aromatic heterocycles. The van der Waals surface area contributed by atoms with Crippen LogP contribution in [0.2, 0.25) is 0 Å². The third kappa shape index (κ3) is 4.26. The summed E-state index contributed by atoms with van der Waals surface area (Å²) in [7, 11) is 3.58. The van der Waals surface area contributed by atoms with Gasteiger partial charge in [0.15, 0.2) is 5.82 Å². The van der Waals surface area contributed by atoms with Gasteiger partial charge in [0.05, 0.1) is 6.61 Å². The minimum Gasteiger partial charge on any atom is -0.380 e. The maximum atomic E-state index is 5.13. The van der Waals surface area contributed by atoms with E-state index in [1.165, 1.54) is 0 Å². The van der Waals surface area contributed by atoms with Crippen molar-refractivity contribution in [2.75, 3.05) is 19.5 Å². The number of ether oxygens (including phenoxy) is 1. The van der Waals surface area contributed by atoms with Crippen LogP contribution in [0.15, 0.2) is 30.3 Å². The number of methoxy groups -OCH3 is 1. The number of anilines is 1. The number of hydrogen-bond donors (Lipinski definition) is 1. The van der Waals surface area contributed by atoms with E-state index in [2.05, 4.69) is 41.3 Å². The number of benzene rings is 1. The average Bonchev–Trinajstić information content (AvgIpc) is 2.47. The predicted octanol–water partition coefficient (Wildman–Crippen LogP) is 3.53. The van der Waals surface area contributed by atoms with Crippen LogP contribution in [-0.2, 0) is 17.8 Å². The van der Waals surface area contributed by atoms with Gasteiger partial charge in [-0.1, -0.05) is 38.1 Å². The molecule has 112 valence electrons. The molecule has 21 heavy (non-hydrogen) atoms. The lowest BCUT2D eigenvalue weighted by atomic mass is 10.1. The summed E-state index contributed by atoms with van der Waals surface area (Å²) in [4.78, 5) is 9.24. The zero-order chi connectivity index (χ0) is 15.2. The largest absolute Gasteiger partial charge is 0.380 e. The molecule has 0 aliphatic carbocycles. The Balaban J connectivity index is 2.32. The summed E-state index contributed by atoms with van der Waals surface area (Å²) in [5.74, 6) is 2.19. The van der Waals surface area contributed by atoms with E-state index in [0.717, 1.165) is 34.9 Å². The van der Waals surface area contributed by atoms with Gasteiger partial charge in [-0.3, -0.25) is 0 Å². The second kappa shape index (κ2) is 7.18. The van der Waals surface area contributed by atoms with E-state index in [9.17, 15) is 0 Å². The van der Waals surface area contributed by atoms with E-state index in [0.29, 0.717) is 12.5 Å². The lowest BCUT2D eigenvalue weighted by Gasteiger charge is -2.10. The highest BCUT2D eigenvalue weighted by molar-refractivity contribution is 5.58. The molecule has 0 amide bonds. The monoisotopic (exact) mass is 285 g/mol. The molecule has 0 aliphatic rings. The van der Waals surface area contributed by atoms with Gasteiger partial charge in [0.2, 0.25) is 0 Å². The van der Waals surface area contributed by atoms with Gasteiger partial charge in [-0.25, -0.2) is 9.97 Å². The van der Waals surface area contributed by atoms with E-state index in [1.807, 2.05) is 25.2 Å². The third-order valence-electron chi connectivity index (χ3n) is 3.18. The summed E-state index contributed by atoms with van der Waals surface area (Å²) in [6, 6.07) is 10.2. The molecule has 0 unspecified atom stereocenters. The van der Waals surface area contributed by atoms with Crippen LogP contribution in [0.1, 0.15) is 25.1 Å². The Kier molecular flexibility index (Phi) is 5.28. The zero-order valence-electron chi connectivity index (χ0n) is 13.2. The normalized spacial score (nSPS) is 10.9. The molecule has 1 heterocycles. The molecular weight excluding hydrogens is 262 g/mol. The highest BCUT2D eigenvalue weighted by atomic mass is 16.5. The zero-order valence-corrected chi connectivity index (χ0v) is 13.2. The van der Waals surface area contributed by atoms with Gasteiger partial charge in [-0.2, -0.15) is 0 Å². The van der Waals surface area contributed by atoms with Crippen LogP contribution in [0.4, 0.5) is 5.82 Å². The van der Waals surface area contributed by atoms with Crippen LogP contribution < -0.4 is 5.32 Å². The van der Waals surface area contributed by atoms with Gasteiger partial charge < -0.3 is 10.1 Å². The predicted molar refractivity (Wildman–Crippen MR) is 86.3 cm³/mol. The molecule has 0 spiro atoms. The van der Waals surface area contributed by atoms with E-state index in [4.69, 9.17) is 4.74 Å². The molecule has 0 saturated carbocycles. The summed E-state index contributed by atoms with van der Waals surface area (Å²) in [5, 5.41) is 3.11. The molecule has 0 bridgehead atoms. The smallest absolute Gasteiger partial charge is 0.161 e. The average molecular weight is 285 g/mol. The van der Waals surface area contributed by atoms with Gasteiger partial charge in [0.25, 0.3) is 0 Å². The molecule has 0 radical (unpaired) electrons. The molecule has 0 atom stereocenters. The number of aromatic nitrogens is 2. The Bertz CT molecular complexity index is 579. The van der Waals surface area contributed by atoms with Crippen molar-refractivity contribution in [2.24, 2.45) is 5.92 Å². The van der Waals surface area contributed by atoms with Crippen LogP contribution in [-0.4, -0.2) is 24.1 Å². The molecular formula is C17H23N3O. The van der Waals surface area contributed by atoms with Crippen molar-refractivity contribution >= 4 is 5.82 Å². The lowest BCUT2D eigenvalue weighted by molar-refractivity contribution is 0.185. The maximum absolute atomic E-state index is 5.13. The quantitative estimate of drug-likeness (QED) is 0.882. The third-order valence-corrected chi connectivity index (χ3v) is 3.18. The summed E-state index contributed by atoms with van der Waals surface area (Å²) in [5.41, 5.74) is 3.24. The fraction of sp³-hybridized carbons (Fsp3) is 0.412. The maximum Gasteiger partial charge on any atom is 0.161 e. The first-order valence-electron chi connectivity index (χ1n) is 7.26. The molecule has 2 rings (SSSR count). The molecule has 0 aliphatic heterocycles. The van der Waals surface area contributed by atoms with Crippen molar-refractivity contribution in [3.8, 4) is 11.4 Å². The molecule has 0 saturated heterocycles. The van der Waals surface area contributed by atoms with E-state index >= 15 is 0 Å². The Morgan fingerprint density at radius 1 is 1.14 bits per heavy atom. The van der Waals surface area contributed by atoms with Crippen molar-refractivity contribution in [3.63, 3.8) is 0 Å². The second-order valence-corrected chi connectivity index (χ2v) is 5.55. The minimum absolute atomic E-state index is 0.571. The Morgan fingerprint density at radius 3 is 2.43 bits per heavy atom. The number of hydrogen-bond acceptors (Lipinski definition) is 4. The second-order valence-electron chi connectivity index (χ2n) is 5.55. The molecule has 0 fully saturated rings. The fourth-order valence-electron chi connectivity index (χ4n) is 2.19. The molecule has 1 N–H and O–H groups in total. The van der Waals surface area contributed by atoms with E-state index in [-0.39, 0.29) is 0 Å². The Hall–Kier alpha value is -1.94. The van der Waals surface area contributed by atoms with Crippen LogP contribution >= 0.6 is 0 Å². The first kappa shape index (κ1) is 15.4. The van der Waals surface area contributed by atoms with Gasteiger partial charge in [0.1, 0.15) is 5.82 Å². The summed E-state index contributed by atoms with van der Waals surface area (Å²) in [6.45, 7) is 5.01. The summed E-state index contributed by atoms with van der Waals surface area (Å²) >= 11 is 0. The molecule has 1 aromatic carbocycles. The van der Waals surface area contributed by atoms with Crippen molar-refractivity contribution < 1.29 is 4.74 Å². The van der Waals surface area contributed by atoms with Crippen molar-refractivity contribution in [1.82, 2.24) is 9.97 Å².